The van der Waals surface area contributed by atoms with E-state index in [-0.39, 0.29) is 24.0 Å². The molecule has 2 heterocycles. The topological polar surface area (TPSA) is 51.2 Å². The summed E-state index contributed by atoms with van der Waals surface area (Å²) >= 11 is 0. The van der Waals surface area contributed by atoms with Crippen LogP contribution in [-0.2, 0) is 4.79 Å². The van der Waals surface area contributed by atoms with Crippen LogP contribution in [0.15, 0.2) is 4.99 Å². The maximum absolute atomic E-state index is 12.3. The Morgan fingerprint density at radius 1 is 1.00 bits per heavy atom. The quantitative estimate of drug-likeness (QED) is 0.285. The molecule has 0 aromatic heterocycles. The average Bonchev–Trinajstić information content (AvgIpc) is 3.10. The van der Waals surface area contributed by atoms with Crippen LogP contribution >= 0.6 is 24.0 Å². The maximum atomic E-state index is 12.3. The highest BCUT2D eigenvalue weighted by Crippen LogP contribution is 2.19. The summed E-state index contributed by atoms with van der Waals surface area (Å²) in [6.07, 6.45) is 4.70. The predicted octanol–water partition coefficient (Wildman–Crippen LogP) is 2.25. The monoisotopic (exact) mass is 479 g/mol. The molecule has 152 valence electrons. The van der Waals surface area contributed by atoms with Crippen molar-refractivity contribution in [3.8, 4) is 0 Å². The van der Waals surface area contributed by atoms with Crippen LogP contribution in [0.4, 0.5) is 0 Å². The van der Waals surface area contributed by atoms with Gasteiger partial charge < -0.3 is 15.1 Å². The molecule has 0 atom stereocenters. The van der Waals surface area contributed by atoms with Gasteiger partial charge in [0.1, 0.15) is 0 Å². The molecule has 26 heavy (non-hydrogen) atoms. The molecule has 0 spiro atoms. The number of carbonyl (C=O) groups excluding carboxylic acids is 1. The SMILES string of the molecule is CN=C(NCCCC(C)(C)C)N1CCN(CC(=O)N2CCCC2)CC1.I. The second-order valence-electron chi connectivity index (χ2n) is 8.49. The summed E-state index contributed by atoms with van der Waals surface area (Å²) in [6, 6.07) is 0. The van der Waals surface area contributed by atoms with E-state index in [1.165, 1.54) is 6.42 Å². The zero-order valence-corrected chi connectivity index (χ0v) is 19.4. The first-order valence-electron chi connectivity index (χ1n) is 9.85. The van der Waals surface area contributed by atoms with Crippen LogP contribution in [0, 0.1) is 5.41 Å². The summed E-state index contributed by atoms with van der Waals surface area (Å²) in [5.74, 6) is 1.30. The molecule has 0 aliphatic carbocycles. The molecule has 0 aromatic rings. The largest absolute Gasteiger partial charge is 0.356 e. The number of amides is 1. The number of likely N-dealkylation sites (tertiary alicyclic amines) is 1. The van der Waals surface area contributed by atoms with Crippen molar-refractivity contribution in [2.45, 2.75) is 46.5 Å². The Labute approximate surface area is 176 Å². The van der Waals surface area contributed by atoms with E-state index in [9.17, 15) is 4.79 Å². The van der Waals surface area contributed by atoms with Crippen molar-refractivity contribution in [2.24, 2.45) is 10.4 Å². The van der Waals surface area contributed by atoms with Crippen LogP contribution in [0.2, 0.25) is 0 Å². The minimum atomic E-state index is 0. The van der Waals surface area contributed by atoms with Gasteiger partial charge in [0.15, 0.2) is 5.96 Å². The molecule has 0 unspecified atom stereocenters. The molecule has 2 fully saturated rings. The lowest BCUT2D eigenvalue weighted by Crippen LogP contribution is -2.54. The Balaban J connectivity index is 0.00000338. The third kappa shape index (κ3) is 7.98. The molecule has 0 saturated carbocycles. The van der Waals surface area contributed by atoms with Gasteiger partial charge in [-0.25, -0.2) is 0 Å². The summed E-state index contributed by atoms with van der Waals surface area (Å²) in [4.78, 5) is 23.3. The van der Waals surface area contributed by atoms with Crippen molar-refractivity contribution in [2.75, 3.05) is 59.4 Å². The number of rotatable bonds is 5. The Kier molecular flexibility index (Phi) is 10.2. The normalized spacial score (nSPS) is 19.5. The van der Waals surface area contributed by atoms with E-state index in [4.69, 9.17) is 0 Å². The van der Waals surface area contributed by atoms with Crippen molar-refractivity contribution < 1.29 is 4.79 Å². The molecule has 6 nitrogen and oxygen atoms in total. The number of piperazine rings is 1. The lowest BCUT2D eigenvalue weighted by molar-refractivity contribution is -0.131. The predicted molar refractivity (Wildman–Crippen MR) is 119 cm³/mol. The Hall–Kier alpha value is -0.570. The van der Waals surface area contributed by atoms with Crippen molar-refractivity contribution in [1.82, 2.24) is 20.0 Å². The van der Waals surface area contributed by atoms with Gasteiger partial charge in [0, 0.05) is 52.9 Å². The number of nitrogens with zero attached hydrogens (tertiary/aromatic N) is 4. The summed E-state index contributed by atoms with van der Waals surface area (Å²) in [6.45, 7) is 14.0. The van der Waals surface area contributed by atoms with Gasteiger partial charge in [0.2, 0.25) is 5.91 Å². The van der Waals surface area contributed by atoms with E-state index in [1.54, 1.807) is 0 Å². The van der Waals surface area contributed by atoms with E-state index in [1.807, 2.05) is 11.9 Å². The zero-order chi connectivity index (χ0) is 18.3. The molecule has 1 amide bonds. The van der Waals surface area contributed by atoms with Crippen LogP contribution in [0.25, 0.3) is 0 Å². The van der Waals surface area contributed by atoms with Crippen molar-refractivity contribution in [1.29, 1.82) is 0 Å². The van der Waals surface area contributed by atoms with Gasteiger partial charge in [-0.05, 0) is 31.1 Å². The lowest BCUT2D eigenvalue weighted by atomic mass is 9.91. The van der Waals surface area contributed by atoms with E-state index in [2.05, 4.69) is 40.9 Å². The van der Waals surface area contributed by atoms with E-state index in [0.29, 0.717) is 17.9 Å². The summed E-state index contributed by atoms with van der Waals surface area (Å²) in [5, 5.41) is 3.49. The molecule has 2 aliphatic rings. The standard InChI is InChI=1S/C19H37N5O.HI/c1-19(2,3)8-7-9-21-18(20-4)24-14-12-22(13-15-24)16-17(25)23-10-5-6-11-23;/h5-16H2,1-4H3,(H,20,21);1H. The first-order valence-corrected chi connectivity index (χ1v) is 9.85. The number of hydrogen-bond acceptors (Lipinski definition) is 3. The molecule has 0 aromatic carbocycles. The van der Waals surface area contributed by atoms with Crippen LogP contribution in [-0.4, -0.2) is 86.0 Å². The number of nitrogens with one attached hydrogen (secondary N) is 1. The Bertz CT molecular complexity index is 449. The minimum Gasteiger partial charge on any atom is -0.356 e. The van der Waals surface area contributed by atoms with Gasteiger partial charge in [0.25, 0.3) is 0 Å². The Morgan fingerprint density at radius 2 is 1.62 bits per heavy atom. The van der Waals surface area contributed by atoms with Crippen molar-refractivity contribution in [3.05, 3.63) is 0 Å². The average molecular weight is 479 g/mol. The van der Waals surface area contributed by atoms with E-state index in [0.717, 1.165) is 71.0 Å². The molecule has 2 aliphatic heterocycles. The minimum absolute atomic E-state index is 0. The van der Waals surface area contributed by atoms with Crippen LogP contribution < -0.4 is 5.32 Å². The van der Waals surface area contributed by atoms with Gasteiger partial charge in [-0.3, -0.25) is 14.7 Å². The number of carbonyl (C=O) groups is 1. The first-order chi connectivity index (χ1) is 11.9. The molecule has 7 heteroatoms. The zero-order valence-electron chi connectivity index (χ0n) is 17.1. The summed E-state index contributed by atoms with van der Waals surface area (Å²) in [7, 11) is 1.86. The number of halogens is 1. The summed E-state index contributed by atoms with van der Waals surface area (Å²) < 4.78 is 0. The number of guanidine groups is 1. The highest BCUT2D eigenvalue weighted by Gasteiger charge is 2.24. The number of aliphatic imine (C=N–C) groups is 1. The first kappa shape index (κ1) is 23.5. The van der Waals surface area contributed by atoms with Gasteiger partial charge in [0.05, 0.1) is 6.54 Å². The second kappa shape index (κ2) is 11.3. The van der Waals surface area contributed by atoms with E-state index >= 15 is 0 Å². The van der Waals surface area contributed by atoms with Crippen molar-refractivity contribution >= 4 is 35.8 Å². The Morgan fingerprint density at radius 3 is 2.15 bits per heavy atom. The highest BCUT2D eigenvalue weighted by molar-refractivity contribution is 14.0. The summed E-state index contributed by atoms with van der Waals surface area (Å²) in [5.41, 5.74) is 0.388. The van der Waals surface area contributed by atoms with Gasteiger partial charge in [-0.2, -0.15) is 0 Å². The fourth-order valence-electron chi connectivity index (χ4n) is 3.53. The lowest BCUT2D eigenvalue weighted by Gasteiger charge is -2.36. The van der Waals surface area contributed by atoms with Gasteiger partial charge in [-0.1, -0.05) is 20.8 Å². The van der Waals surface area contributed by atoms with Crippen LogP contribution in [0.3, 0.4) is 0 Å². The molecule has 2 saturated heterocycles. The molecular weight excluding hydrogens is 441 g/mol. The van der Waals surface area contributed by atoms with E-state index < -0.39 is 0 Å². The van der Waals surface area contributed by atoms with Crippen molar-refractivity contribution in [3.63, 3.8) is 0 Å². The molecule has 1 N–H and O–H groups in total. The molecular formula is C19H38IN5O. The number of hydrogen-bond donors (Lipinski definition) is 1. The van der Waals surface area contributed by atoms with Gasteiger partial charge >= 0.3 is 0 Å². The van der Waals surface area contributed by atoms with Gasteiger partial charge in [-0.15, -0.1) is 24.0 Å². The van der Waals surface area contributed by atoms with Crippen LogP contribution in [0.5, 0.6) is 0 Å². The smallest absolute Gasteiger partial charge is 0.236 e. The maximum Gasteiger partial charge on any atom is 0.236 e. The highest BCUT2D eigenvalue weighted by atomic mass is 127. The molecule has 0 bridgehead atoms. The third-order valence-corrected chi connectivity index (χ3v) is 5.09. The third-order valence-electron chi connectivity index (χ3n) is 5.09. The molecule has 2 rings (SSSR count). The van der Waals surface area contributed by atoms with Crippen LogP contribution in [0.1, 0.15) is 46.5 Å². The fourth-order valence-corrected chi connectivity index (χ4v) is 3.53. The second-order valence-corrected chi connectivity index (χ2v) is 8.49. The molecule has 0 radical (unpaired) electrons. The fraction of sp³-hybridized carbons (Fsp3) is 0.895.